The number of benzene rings is 1. The topological polar surface area (TPSA) is 45.3 Å². The molecule has 3 rings (SSSR count). The third kappa shape index (κ3) is 1.87. The van der Waals surface area contributed by atoms with Gasteiger partial charge in [-0.05, 0) is 17.5 Å². The smallest absolute Gasteiger partial charge is 0.211 e. The van der Waals surface area contributed by atoms with Gasteiger partial charge in [0.15, 0.2) is 0 Å². The Balaban J connectivity index is 1.99. The molecule has 1 aliphatic heterocycles. The average Bonchev–Trinajstić information content (AvgIpc) is 2.82. The van der Waals surface area contributed by atoms with Crippen LogP contribution in [-0.2, 0) is 9.53 Å². The van der Waals surface area contributed by atoms with Gasteiger partial charge in [0, 0.05) is 11.2 Å². The Labute approximate surface area is 109 Å². The van der Waals surface area contributed by atoms with Gasteiger partial charge in [-0.3, -0.25) is 4.79 Å². The number of halogens is 1. The minimum Gasteiger partial charge on any atom is -0.375 e. The van der Waals surface area contributed by atoms with E-state index >= 15 is 0 Å². The van der Waals surface area contributed by atoms with Gasteiger partial charge in [0.1, 0.15) is 5.50 Å². The van der Waals surface area contributed by atoms with Crippen LogP contribution >= 0.6 is 11.6 Å². The summed E-state index contributed by atoms with van der Waals surface area (Å²) in [7, 11) is 0. The maximum absolute atomic E-state index is 11.1. The number of hydrogen-bond donors (Lipinski definition) is 1. The summed E-state index contributed by atoms with van der Waals surface area (Å²) >= 11 is 6.08. The number of aromatic nitrogens is 1. The molecule has 0 saturated carbocycles. The summed E-state index contributed by atoms with van der Waals surface area (Å²) in [5.41, 5.74) is 1.59. The largest absolute Gasteiger partial charge is 0.375 e. The molecule has 4 nitrogen and oxygen atoms in total. The highest BCUT2D eigenvalue weighted by atomic mass is 35.5. The van der Waals surface area contributed by atoms with Crippen molar-refractivity contribution in [2.45, 2.75) is 11.5 Å². The van der Waals surface area contributed by atoms with Crippen molar-refractivity contribution in [3.63, 3.8) is 0 Å². The number of H-pyrrole nitrogens is 1. The Morgan fingerprint density at radius 3 is 3.00 bits per heavy atom. The molecule has 1 aliphatic rings. The molecular weight excluding hydrogens is 252 g/mol. The van der Waals surface area contributed by atoms with Crippen LogP contribution in [0.2, 0.25) is 0 Å². The number of carbonyl (C=O) groups is 1. The van der Waals surface area contributed by atoms with Crippen molar-refractivity contribution in [3.8, 4) is 0 Å². The number of nitrogens with zero attached hydrogens (tertiary/aromatic N) is 1. The fourth-order valence-electron chi connectivity index (χ4n) is 2.31. The lowest BCUT2D eigenvalue weighted by atomic mass is 10.1. The Bertz CT molecular complexity index is 536. The van der Waals surface area contributed by atoms with Crippen molar-refractivity contribution in [2.24, 2.45) is 0 Å². The normalized spacial score (nSPS) is 24.4. The third-order valence-electron chi connectivity index (χ3n) is 3.25. The molecule has 0 radical (unpaired) electrons. The molecule has 2 heterocycles. The predicted octanol–water partition coefficient (Wildman–Crippen LogP) is 2.26. The minimum atomic E-state index is -0.410. The summed E-state index contributed by atoms with van der Waals surface area (Å²) in [6, 6.07) is 9.88. The van der Waals surface area contributed by atoms with Gasteiger partial charge >= 0.3 is 0 Å². The Morgan fingerprint density at radius 1 is 1.39 bits per heavy atom. The molecule has 0 bridgehead atoms. The zero-order valence-electron chi connectivity index (χ0n) is 9.67. The van der Waals surface area contributed by atoms with Crippen LogP contribution in [-0.4, -0.2) is 35.0 Å². The number of ether oxygens (including phenoxy) is 1. The zero-order chi connectivity index (χ0) is 12.5. The molecule has 18 heavy (non-hydrogen) atoms. The van der Waals surface area contributed by atoms with E-state index in [9.17, 15) is 4.79 Å². The fraction of sp³-hybridized carbons (Fsp3) is 0.308. The molecule has 0 spiro atoms. The number of nitrogens with one attached hydrogen (secondary N) is 1. The lowest BCUT2D eigenvalue weighted by Crippen LogP contribution is -2.43. The van der Waals surface area contributed by atoms with Crippen molar-refractivity contribution in [3.05, 3.63) is 36.0 Å². The first-order chi connectivity index (χ1) is 8.79. The van der Waals surface area contributed by atoms with Crippen LogP contribution in [0, 0.1) is 0 Å². The Hall–Kier alpha value is -1.52. The first-order valence-electron chi connectivity index (χ1n) is 5.82. The Kier molecular flexibility index (Phi) is 2.97. The standard InChI is InChI=1S/C13H13ClN2O2/c14-13-7-18-6-12(16(13)8-17)11-5-9-3-1-2-4-10(9)15-11/h1-5,8,12-13,15H,6-7H2. The molecule has 1 fully saturated rings. The molecule has 0 aliphatic carbocycles. The van der Waals surface area contributed by atoms with Gasteiger partial charge in [0.2, 0.25) is 6.41 Å². The van der Waals surface area contributed by atoms with Crippen LogP contribution in [0.25, 0.3) is 10.9 Å². The first-order valence-corrected chi connectivity index (χ1v) is 6.25. The predicted molar refractivity (Wildman–Crippen MR) is 69.4 cm³/mol. The van der Waals surface area contributed by atoms with Crippen molar-refractivity contribution in [1.82, 2.24) is 9.88 Å². The summed E-state index contributed by atoms with van der Waals surface area (Å²) in [4.78, 5) is 16.0. The highest BCUT2D eigenvalue weighted by Crippen LogP contribution is 2.29. The number of para-hydroxylation sites is 1. The second-order valence-electron chi connectivity index (χ2n) is 4.35. The van der Waals surface area contributed by atoms with Crippen LogP contribution in [0.15, 0.2) is 30.3 Å². The van der Waals surface area contributed by atoms with E-state index in [1.807, 2.05) is 30.3 Å². The molecule has 94 valence electrons. The molecule has 2 aromatic rings. The van der Waals surface area contributed by atoms with E-state index in [4.69, 9.17) is 16.3 Å². The lowest BCUT2D eigenvalue weighted by molar-refractivity contribution is -0.128. The maximum Gasteiger partial charge on any atom is 0.211 e. The number of rotatable bonds is 2. The molecule has 1 N–H and O–H groups in total. The van der Waals surface area contributed by atoms with E-state index in [1.165, 1.54) is 0 Å². The van der Waals surface area contributed by atoms with Gasteiger partial charge in [0.25, 0.3) is 0 Å². The monoisotopic (exact) mass is 264 g/mol. The van der Waals surface area contributed by atoms with Crippen molar-refractivity contribution >= 4 is 28.9 Å². The molecule has 1 aromatic heterocycles. The number of amides is 1. The fourth-order valence-corrected chi connectivity index (χ4v) is 2.58. The Morgan fingerprint density at radius 2 is 2.22 bits per heavy atom. The van der Waals surface area contributed by atoms with Crippen molar-refractivity contribution in [1.29, 1.82) is 0 Å². The third-order valence-corrected chi connectivity index (χ3v) is 3.60. The zero-order valence-corrected chi connectivity index (χ0v) is 10.4. The first kappa shape index (κ1) is 11.6. The SMILES string of the molecule is O=CN1C(Cl)COCC1c1cc2ccccc2[nH]1. The summed E-state index contributed by atoms with van der Waals surface area (Å²) in [6.07, 6.45) is 0.788. The molecule has 2 atom stereocenters. The van der Waals surface area contributed by atoms with E-state index in [2.05, 4.69) is 4.98 Å². The number of aromatic amines is 1. The molecular formula is C13H13ClN2O2. The highest BCUT2D eigenvalue weighted by Gasteiger charge is 2.30. The molecule has 1 amide bonds. The van der Waals surface area contributed by atoms with Gasteiger partial charge in [-0.25, -0.2) is 0 Å². The molecule has 1 aromatic carbocycles. The number of hydrogen-bond acceptors (Lipinski definition) is 2. The number of alkyl halides is 1. The quantitative estimate of drug-likeness (QED) is 0.514. The van der Waals surface area contributed by atoms with E-state index in [1.54, 1.807) is 4.90 Å². The number of morpholine rings is 1. The van der Waals surface area contributed by atoms with Gasteiger partial charge in [0.05, 0.1) is 19.3 Å². The number of carbonyl (C=O) groups excluding carboxylic acids is 1. The maximum atomic E-state index is 11.1. The van der Waals surface area contributed by atoms with Gasteiger partial charge < -0.3 is 14.6 Å². The summed E-state index contributed by atoms with van der Waals surface area (Å²) in [5.74, 6) is 0. The second-order valence-corrected chi connectivity index (χ2v) is 4.86. The molecule has 2 unspecified atom stereocenters. The minimum absolute atomic E-state index is 0.147. The van der Waals surface area contributed by atoms with Crippen LogP contribution < -0.4 is 0 Å². The van der Waals surface area contributed by atoms with Gasteiger partial charge in [-0.2, -0.15) is 0 Å². The van der Waals surface area contributed by atoms with Crippen LogP contribution in [0.5, 0.6) is 0 Å². The number of fused-ring (bicyclic) bond motifs is 1. The highest BCUT2D eigenvalue weighted by molar-refractivity contribution is 6.21. The average molecular weight is 265 g/mol. The summed E-state index contributed by atoms with van der Waals surface area (Å²) in [5, 5.41) is 1.12. The molecule has 5 heteroatoms. The van der Waals surface area contributed by atoms with Crippen LogP contribution in [0.4, 0.5) is 0 Å². The lowest BCUT2D eigenvalue weighted by Gasteiger charge is -2.35. The van der Waals surface area contributed by atoms with Crippen LogP contribution in [0.3, 0.4) is 0 Å². The summed E-state index contributed by atoms with van der Waals surface area (Å²) in [6.45, 7) is 0.839. The van der Waals surface area contributed by atoms with E-state index in [0.29, 0.717) is 13.2 Å². The van der Waals surface area contributed by atoms with Crippen molar-refractivity contribution in [2.75, 3.05) is 13.2 Å². The molecule has 1 saturated heterocycles. The van der Waals surface area contributed by atoms with E-state index in [0.717, 1.165) is 23.0 Å². The van der Waals surface area contributed by atoms with Gasteiger partial charge in [-0.15, -0.1) is 0 Å². The second kappa shape index (κ2) is 4.63. The van der Waals surface area contributed by atoms with E-state index in [-0.39, 0.29) is 6.04 Å². The van der Waals surface area contributed by atoms with E-state index < -0.39 is 5.50 Å². The van der Waals surface area contributed by atoms with Crippen molar-refractivity contribution < 1.29 is 9.53 Å². The van der Waals surface area contributed by atoms with Gasteiger partial charge in [-0.1, -0.05) is 29.8 Å². The summed E-state index contributed by atoms with van der Waals surface area (Å²) < 4.78 is 5.42. The van der Waals surface area contributed by atoms with Crippen LogP contribution in [0.1, 0.15) is 11.7 Å².